The van der Waals surface area contributed by atoms with Gasteiger partial charge in [-0.3, -0.25) is 4.79 Å². The molecule has 5 nitrogen and oxygen atoms in total. The van der Waals surface area contributed by atoms with E-state index in [-0.39, 0.29) is 5.56 Å². The van der Waals surface area contributed by atoms with Gasteiger partial charge < -0.3 is 14.5 Å². The van der Waals surface area contributed by atoms with E-state index in [2.05, 4.69) is 9.97 Å². The van der Waals surface area contributed by atoms with E-state index in [1.54, 1.807) is 32.4 Å². The molecule has 3 rings (SSSR count). The maximum atomic E-state index is 12.1. The Morgan fingerprint density at radius 1 is 0.952 bits per heavy atom. The van der Waals surface area contributed by atoms with Gasteiger partial charge >= 0.3 is 0 Å². The minimum Gasteiger partial charge on any atom is -0.497 e. The predicted octanol–water partition coefficient (Wildman–Crippen LogP) is 2.61. The quantitative estimate of drug-likeness (QED) is 0.802. The van der Waals surface area contributed by atoms with Crippen molar-refractivity contribution in [2.45, 2.75) is 0 Å². The molecule has 0 amide bonds. The topological polar surface area (TPSA) is 64.2 Å². The van der Waals surface area contributed by atoms with Crippen molar-refractivity contribution in [2.24, 2.45) is 0 Å². The van der Waals surface area contributed by atoms with Crippen LogP contribution in [0.5, 0.6) is 11.5 Å². The van der Waals surface area contributed by atoms with Gasteiger partial charge in [0.25, 0.3) is 5.56 Å². The summed E-state index contributed by atoms with van der Waals surface area (Å²) in [5.74, 6) is 1.94. The van der Waals surface area contributed by atoms with Crippen molar-refractivity contribution in [1.82, 2.24) is 9.97 Å². The number of aromatic amines is 1. The summed E-state index contributed by atoms with van der Waals surface area (Å²) in [6, 6.07) is 12.5. The largest absolute Gasteiger partial charge is 0.497 e. The summed E-state index contributed by atoms with van der Waals surface area (Å²) in [4.78, 5) is 19.4. The third kappa shape index (κ3) is 2.45. The second-order valence-electron chi connectivity index (χ2n) is 4.53. The van der Waals surface area contributed by atoms with Crippen LogP contribution in [0.2, 0.25) is 0 Å². The monoisotopic (exact) mass is 282 g/mol. The van der Waals surface area contributed by atoms with Gasteiger partial charge in [0.15, 0.2) is 0 Å². The third-order valence-corrected chi connectivity index (χ3v) is 3.28. The van der Waals surface area contributed by atoms with Crippen molar-refractivity contribution in [2.75, 3.05) is 14.2 Å². The maximum Gasteiger partial charge on any atom is 0.259 e. The van der Waals surface area contributed by atoms with Crippen LogP contribution >= 0.6 is 0 Å². The Morgan fingerprint density at radius 2 is 1.62 bits per heavy atom. The summed E-state index contributed by atoms with van der Waals surface area (Å²) < 4.78 is 10.3. The van der Waals surface area contributed by atoms with Gasteiger partial charge in [0, 0.05) is 11.6 Å². The Hall–Kier alpha value is -2.82. The van der Waals surface area contributed by atoms with Crippen LogP contribution in [0.4, 0.5) is 0 Å². The van der Waals surface area contributed by atoms with Crippen LogP contribution in [0.1, 0.15) is 0 Å². The van der Waals surface area contributed by atoms with Gasteiger partial charge in [-0.1, -0.05) is 0 Å². The molecule has 0 aliphatic heterocycles. The number of aromatic nitrogens is 2. The van der Waals surface area contributed by atoms with Crippen LogP contribution in [0.25, 0.3) is 22.3 Å². The fourth-order valence-corrected chi connectivity index (χ4v) is 2.13. The first-order valence-electron chi connectivity index (χ1n) is 6.44. The molecule has 0 saturated carbocycles. The van der Waals surface area contributed by atoms with Crippen molar-refractivity contribution in [1.29, 1.82) is 0 Å². The molecule has 1 heterocycles. The number of ether oxygens (including phenoxy) is 2. The molecular weight excluding hydrogens is 268 g/mol. The van der Waals surface area contributed by atoms with E-state index in [9.17, 15) is 4.79 Å². The molecule has 5 heteroatoms. The highest BCUT2D eigenvalue weighted by Crippen LogP contribution is 2.21. The summed E-state index contributed by atoms with van der Waals surface area (Å²) in [7, 11) is 3.19. The minimum atomic E-state index is -0.173. The summed E-state index contributed by atoms with van der Waals surface area (Å²) in [6.07, 6.45) is 0. The Labute approximate surface area is 121 Å². The molecule has 0 unspecified atom stereocenters. The fraction of sp³-hybridized carbons (Fsp3) is 0.125. The van der Waals surface area contributed by atoms with Crippen LogP contribution in [0.3, 0.4) is 0 Å². The SMILES string of the molecule is COc1ccc(-c2nc3cc(OC)ccc3c(=O)[nH]2)cc1. The normalized spacial score (nSPS) is 10.6. The highest BCUT2D eigenvalue weighted by molar-refractivity contribution is 5.80. The summed E-state index contributed by atoms with van der Waals surface area (Å²) in [5, 5.41) is 0.535. The number of H-pyrrole nitrogens is 1. The second-order valence-corrected chi connectivity index (χ2v) is 4.53. The first kappa shape index (κ1) is 13.2. The molecule has 0 aliphatic carbocycles. The van der Waals surface area contributed by atoms with Crippen LogP contribution in [0.15, 0.2) is 47.3 Å². The van der Waals surface area contributed by atoms with Crippen LogP contribution < -0.4 is 15.0 Å². The number of hydrogen-bond donors (Lipinski definition) is 1. The van der Waals surface area contributed by atoms with E-state index in [4.69, 9.17) is 9.47 Å². The predicted molar refractivity (Wildman–Crippen MR) is 80.9 cm³/mol. The Morgan fingerprint density at radius 3 is 2.29 bits per heavy atom. The molecule has 0 aliphatic rings. The van der Waals surface area contributed by atoms with Crippen molar-refractivity contribution >= 4 is 10.9 Å². The molecule has 21 heavy (non-hydrogen) atoms. The second kappa shape index (κ2) is 5.28. The van der Waals surface area contributed by atoms with Gasteiger partial charge in [-0.15, -0.1) is 0 Å². The summed E-state index contributed by atoms with van der Waals surface area (Å²) in [6.45, 7) is 0. The Kier molecular flexibility index (Phi) is 3.31. The Bertz CT molecular complexity index is 838. The highest BCUT2D eigenvalue weighted by Gasteiger charge is 2.07. The molecule has 0 fully saturated rings. The smallest absolute Gasteiger partial charge is 0.259 e. The number of nitrogens with zero attached hydrogens (tertiary/aromatic N) is 1. The van der Waals surface area contributed by atoms with E-state index >= 15 is 0 Å². The molecule has 0 bridgehead atoms. The van der Waals surface area contributed by atoms with Crippen molar-refractivity contribution in [3.63, 3.8) is 0 Å². The lowest BCUT2D eigenvalue weighted by Crippen LogP contribution is -2.09. The van der Waals surface area contributed by atoms with Gasteiger partial charge in [0.05, 0.1) is 25.1 Å². The standard InChI is InChI=1S/C16H14N2O3/c1-20-11-5-3-10(4-6-11)15-17-14-9-12(21-2)7-8-13(14)16(19)18-15/h3-9H,1-2H3,(H,17,18,19). The lowest BCUT2D eigenvalue weighted by molar-refractivity contribution is 0.415. The van der Waals surface area contributed by atoms with Gasteiger partial charge in [-0.05, 0) is 36.4 Å². The Balaban J connectivity index is 2.15. The molecule has 1 aromatic heterocycles. The first-order valence-corrected chi connectivity index (χ1v) is 6.44. The number of benzene rings is 2. The zero-order valence-electron chi connectivity index (χ0n) is 11.7. The maximum absolute atomic E-state index is 12.1. The number of fused-ring (bicyclic) bond motifs is 1. The van der Waals surface area contributed by atoms with Crippen molar-refractivity contribution in [3.8, 4) is 22.9 Å². The fourth-order valence-electron chi connectivity index (χ4n) is 2.13. The van der Waals surface area contributed by atoms with Crippen LogP contribution in [-0.4, -0.2) is 24.2 Å². The summed E-state index contributed by atoms with van der Waals surface area (Å²) >= 11 is 0. The van der Waals surface area contributed by atoms with E-state index < -0.39 is 0 Å². The zero-order chi connectivity index (χ0) is 14.8. The van der Waals surface area contributed by atoms with E-state index in [0.717, 1.165) is 11.3 Å². The van der Waals surface area contributed by atoms with Gasteiger partial charge in [-0.2, -0.15) is 0 Å². The highest BCUT2D eigenvalue weighted by atomic mass is 16.5. The lowest BCUT2D eigenvalue weighted by atomic mass is 10.2. The van der Waals surface area contributed by atoms with Crippen LogP contribution in [-0.2, 0) is 0 Å². The molecule has 0 saturated heterocycles. The van der Waals surface area contributed by atoms with Gasteiger partial charge in [-0.25, -0.2) is 4.98 Å². The first-order chi connectivity index (χ1) is 10.2. The van der Waals surface area contributed by atoms with Crippen molar-refractivity contribution < 1.29 is 9.47 Å². The van der Waals surface area contributed by atoms with Gasteiger partial charge in [0.2, 0.25) is 0 Å². The van der Waals surface area contributed by atoms with E-state index in [1.807, 2.05) is 24.3 Å². The van der Waals surface area contributed by atoms with Gasteiger partial charge in [0.1, 0.15) is 17.3 Å². The van der Waals surface area contributed by atoms with E-state index in [0.29, 0.717) is 22.5 Å². The average Bonchev–Trinajstić information content (AvgIpc) is 2.54. The minimum absolute atomic E-state index is 0.173. The van der Waals surface area contributed by atoms with E-state index in [1.165, 1.54) is 0 Å². The zero-order valence-corrected chi connectivity index (χ0v) is 11.7. The molecule has 3 aromatic rings. The number of methoxy groups -OCH3 is 2. The van der Waals surface area contributed by atoms with Crippen molar-refractivity contribution in [3.05, 3.63) is 52.8 Å². The number of hydrogen-bond acceptors (Lipinski definition) is 4. The number of rotatable bonds is 3. The average molecular weight is 282 g/mol. The molecule has 106 valence electrons. The number of nitrogens with one attached hydrogen (secondary N) is 1. The molecule has 1 N–H and O–H groups in total. The third-order valence-electron chi connectivity index (χ3n) is 3.28. The molecule has 2 aromatic carbocycles. The summed E-state index contributed by atoms with van der Waals surface area (Å²) in [5.41, 5.74) is 1.25. The molecule has 0 spiro atoms. The molecule has 0 atom stereocenters. The van der Waals surface area contributed by atoms with Crippen LogP contribution in [0, 0.1) is 0 Å². The molecular formula is C16H14N2O3. The lowest BCUT2D eigenvalue weighted by Gasteiger charge is -2.06. The molecule has 0 radical (unpaired) electrons.